The highest BCUT2D eigenvalue weighted by molar-refractivity contribution is 9.10. The molecule has 5 aromatic rings. The van der Waals surface area contributed by atoms with E-state index < -0.39 is 6.04 Å². The minimum Gasteiger partial charge on any atom is -0.383 e. The van der Waals surface area contributed by atoms with Gasteiger partial charge in [-0.3, -0.25) is 14.6 Å². The van der Waals surface area contributed by atoms with Crippen molar-refractivity contribution in [2.24, 2.45) is 5.92 Å². The summed E-state index contributed by atoms with van der Waals surface area (Å²) in [6, 6.07) is 12.4. The zero-order valence-electron chi connectivity index (χ0n) is 20.5. The molecule has 194 valence electrons. The number of piperidine rings is 1. The van der Waals surface area contributed by atoms with Crippen LogP contribution in [0.5, 0.6) is 0 Å². The zero-order valence-corrected chi connectivity index (χ0v) is 22.1. The number of nitrogens with one attached hydrogen (secondary N) is 1. The predicted octanol–water partition coefficient (Wildman–Crippen LogP) is 3.41. The van der Waals surface area contributed by atoms with Crippen LogP contribution in [-0.4, -0.2) is 58.3 Å². The van der Waals surface area contributed by atoms with Gasteiger partial charge in [-0.2, -0.15) is 0 Å². The van der Waals surface area contributed by atoms with Crippen LogP contribution in [0.3, 0.4) is 0 Å². The van der Waals surface area contributed by atoms with Crippen molar-refractivity contribution in [1.29, 1.82) is 0 Å². The van der Waals surface area contributed by atoms with Gasteiger partial charge in [-0.15, -0.1) is 0 Å². The molecule has 2 aliphatic rings. The fourth-order valence-electron chi connectivity index (χ4n) is 5.59. The third kappa shape index (κ3) is 4.07. The minimum absolute atomic E-state index is 0.00509. The van der Waals surface area contributed by atoms with Gasteiger partial charge in [0.15, 0.2) is 0 Å². The summed E-state index contributed by atoms with van der Waals surface area (Å²) in [7, 11) is 0. The highest BCUT2D eigenvalue weighted by atomic mass is 79.9. The predicted molar refractivity (Wildman–Crippen MR) is 148 cm³/mol. The third-order valence-corrected chi connectivity index (χ3v) is 7.89. The van der Waals surface area contributed by atoms with Crippen LogP contribution in [0.25, 0.3) is 33.3 Å². The summed E-state index contributed by atoms with van der Waals surface area (Å²) in [6.45, 7) is -0.00509. The van der Waals surface area contributed by atoms with Crippen LogP contribution in [0, 0.1) is 5.92 Å². The number of likely N-dealkylation sites (tertiary alicyclic amines) is 1. The minimum atomic E-state index is -0.564. The van der Waals surface area contributed by atoms with E-state index in [1.807, 2.05) is 28.8 Å². The number of nitrogens with two attached hydrogens (primary N) is 1. The normalized spacial score (nSPS) is 19.8. The van der Waals surface area contributed by atoms with Crippen molar-refractivity contribution in [3.05, 3.63) is 65.8 Å². The number of halogens is 1. The highest BCUT2D eigenvalue weighted by Gasteiger charge is 2.56. The van der Waals surface area contributed by atoms with Gasteiger partial charge in [-0.1, -0.05) is 6.07 Å². The molecule has 5 aromatic heterocycles. The number of hydrogen-bond acceptors (Lipinski definition) is 8. The number of amides is 2. The van der Waals surface area contributed by atoms with Gasteiger partial charge in [0.25, 0.3) is 0 Å². The summed E-state index contributed by atoms with van der Waals surface area (Å²) < 4.78 is 2.44. The van der Waals surface area contributed by atoms with E-state index in [2.05, 4.69) is 41.2 Å². The van der Waals surface area contributed by atoms with Crippen molar-refractivity contribution < 1.29 is 9.59 Å². The van der Waals surface area contributed by atoms with Crippen LogP contribution in [0.15, 0.2) is 65.8 Å². The second-order valence-electron chi connectivity index (χ2n) is 9.79. The average molecular weight is 584 g/mol. The lowest BCUT2D eigenvalue weighted by atomic mass is 10.1. The van der Waals surface area contributed by atoms with Crippen LogP contribution in [0.4, 0.5) is 11.6 Å². The number of rotatable bonds is 5. The lowest BCUT2D eigenvalue weighted by Crippen LogP contribution is -2.46. The lowest BCUT2D eigenvalue weighted by Gasteiger charge is -2.27. The van der Waals surface area contributed by atoms with Gasteiger partial charge in [0.2, 0.25) is 11.8 Å². The summed E-state index contributed by atoms with van der Waals surface area (Å²) in [5.41, 5.74) is 9.79. The maximum absolute atomic E-state index is 13.8. The molecular formula is C27H22BrN9O2. The fourth-order valence-corrected chi connectivity index (χ4v) is 5.93. The van der Waals surface area contributed by atoms with Gasteiger partial charge < -0.3 is 20.5 Å². The molecule has 2 amide bonds. The number of pyridine rings is 3. The standard InChI is InChI=1S/C27H22BrN9O2/c28-20-2-1-3-21(34-20)35-27(39)19-11-15-10-18(15)37(19)22(38)12-36-17-5-4-16(14-6-8-30-9-7-14)33-24(17)23-25(29)31-13-32-26(23)36/h1-9,13,15,18-19H,10-12H2,(H2,29,31,32)(H,34,35,39)/t15-,18-,19+/m1/s1. The van der Waals surface area contributed by atoms with Crippen LogP contribution < -0.4 is 11.1 Å². The first-order valence-electron chi connectivity index (χ1n) is 12.5. The Morgan fingerprint density at radius 1 is 1.05 bits per heavy atom. The van der Waals surface area contributed by atoms with E-state index in [4.69, 9.17) is 10.7 Å². The van der Waals surface area contributed by atoms with E-state index >= 15 is 0 Å². The van der Waals surface area contributed by atoms with Gasteiger partial charge in [-0.05, 0) is 71.1 Å². The molecule has 7 rings (SSSR count). The van der Waals surface area contributed by atoms with Crippen LogP contribution in [0.1, 0.15) is 12.8 Å². The molecule has 0 spiro atoms. The van der Waals surface area contributed by atoms with E-state index in [0.717, 1.165) is 17.7 Å². The molecule has 2 fully saturated rings. The van der Waals surface area contributed by atoms with Crippen molar-refractivity contribution in [1.82, 2.24) is 34.4 Å². The smallest absolute Gasteiger partial charge is 0.248 e. The Bertz CT molecular complexity index is 1770. The molecular weight excluding hydrogens is 562 g/mol. The van der Waals surface area contributed by atoms with Crippen molar-refractivity contribution in [2.45, 2.75) is 31.5 Å². The molecule has 0 radical (unpaired) electrons. The molecule has 12 heteroatoms. The van der Waals surface area contributed by atoms with Crippen molar-refractivity contribution in [3.63, 3.8) is 0 Å². The number of anilines is 2. The first-order valence-corrected chi connectivity index (χ1v) is 13.3. The number of aromatic nitrogens is 6. The van der Waals surface area contributed by atoms with E-state index in [0.29, 0.717) is 44.8 Å². The van der Waals surface area contributed by atoms with Gasteiger partial charge >= 0.3 is 0 Å². The highest BCUT2D eigenvalue weighted by Crippen LogP contribution is 2.48. The molecule has 1 aliphatic heterocycles. The first kappa shape index (κ1) is 23.7. The lowest BCUT2D eigenvalue weighted by molar-refractivity contribution is -0.138. The number of fused-ring (bicyclic) bond motifs is 4. The average Bonchev–Trinajstić information content (AvgIpc) is 3.48. The Morgan fingerprint density at radius 3 is 2.72 bits per heavy atom. The number of hydrogen-bond donors (Lipinski definition) is 2. The Labute approximate surface area is 230 Å². The van der Waals surface area contributed by atoms with Crippen molar-refractivity contribution >= 4 is 61.4 Å². The molecule has 1 saturated carbocycles. The molecule has 0 unspecified atom stereocenters. The van der Waals surface area contributed by atoms with Gasteiger partial charge in [0, 0.05) is 24.0 Å². The molecule has 3 atom stereocenters. The molecule has 39 heavy (non-hydrogen) atoms. The Balaban J connectivity index is 1.23. The molecule has 0 aromatic carbocycles. The topological polar surface area (TPSA) is 145 Å². The van der Waals surface area contributed by atoms with Gasteiger partial charge in [-0.25, -0.2) is 19.9 Å². The molecule has 1 aliphatic carbocycles. The van der Waals surface area contributed by atoms with E-state index in [9.17, 15) is 9.59 Å². The first-order chi connectivity index (χ1) is 19.0. The summed E-state index contributed by atoms with van der Waals surface area (Å²) in [5, 5.41) is 3.46. The van der Waals surface area contributed by atoms with Crippen LogP contribution >= 0.6 is 15.9 Å². The largest absolute Gasteiger partial charge is 0.383 e. The Morgan fingerprint density at radius 2 is 1.90 bits per heavy atom. The second-order valence-corrected chi connectivity index (χ2v) is 10.6. The molecule has 1 saturated heterocycles. The Kier molecular flexibility index (Phi) is 5.51. The van der Waals surface area contributed by atoms with E-state index in [1.165, 1.54) is 6.33 Å². The number of carbonyl (C=O) groups excluding carboxylic acids is 2. The summed E-state index contributed by atoms with van der Waals surface area (Å²) in [6.07, 6.45) is 6.34. The second kappa shape index (κ2) is 9.09. The molecule has 6 heterocycles. The summed E-state index contributed by atoms with van der Waals surface area (Å²) >= 11 is 3.33. The maximum Gasteiger partial charge on any atom is 0.248 e. The van der Waals surface area contributed by atoms with Crippen LogP contribution in [0.2, 0.25) is 0 Å². The third-order valence-electron chi connectivity index (χ3n) is 7.44. The summed E-state index contributed by atoms with van der Waals surface area (Å²) in [4.78, 5) is 50.7. The quantitative estimate of drug-likeness (QED) is 0.299. The zero-order chi connectivity index (χ0) is 26.7. The molecule has 11 nitrogen and oxygen atoms in total. The van der Waals surface area contributed by atoms with E-state index in [-0.39, 0.29) is 30.2 Å². The van der Waals surface area contributed by atoms with Gasteiger partial charge in [0.1, 0.15) is 46.3 Å². The summed E-state index contributed by atoms with van der Waals surface area (Å²) in [5.74, 6) is 0.668. The van der Waals surface area contributed by atoms with Crippen molar-refractivity contribution in [3.8, 4) is 11.3 Å². The number of carbonyl (C=O) groups is 2. The SMILES string of the molecule is Nc1ncnc2c1c1nc(-c3ccncc3)ccc1n2CC(=O)N1[C@@H]2C[C@@H]2C[C@H]1C(=O)Nc1cccc(Br)n1. The Hall–Kier alpha value is -4.45. The monoisotopic (exact) mass is 583 g/mol. The van der Waals surface area contributed by atoms with Crippen molar-refractivity contribution in [2.75, 3.05) is 11.1 Å². The van der Waals surface area contributed by atoms with Gasteiger partial charge in [0.05, 0.1) is 16.6 Å². The number of nitrogens with zero attached hydrogens (tertiary/aromatic N) is 7. The van der Waals surface area contributed by atoms with Crippen LogP contribution in [-0.2, 0) is 16.1 Å². The fraction of sp³-hybridized carbons (Fsp3) is 0.222. The molecule has 3 N–H and O–H groups in total. The van der Waals surface area contributed by atoms with E-state index in [1.54, 1.807) is 35.5 Å². The maximum atomic E-state index is 13.8. The number of nitrogen functional groups attached to an aromatic ring is 1. The molecule has 0 bridgehead atoms.